The molecule has 4 nitrogen and oxygen atoms in total. The summed E-state index contributed by atoms with van der Waals surface area (Å²) in [4.78, 5) is 4.87. The Bertz CT molecular complexity index is 1660. The van der Waals surface area contributed by atoms with Crippen LogP contribution in [0.15, 0.2) is 85.7 Å². The van der Waals surface area contributed by atoms with E-state index in [2.05, 4.69) is 208 Å². The van der Waals surface area contributed by atoms with Crippen LogP contribution in [0.5, 0.6) is 0 Å². The van der Waals surface area contributed by atoms with Crippen molar-refractivity contribution >= 4 is 39.2 Å². The Kier molecular flexibility index (Phi) is 19.4. The minimum absolute atomic E-state index is 0. The van der Waals surface area contributed by atoms with E-state index >= 15 is 0 Å². The first-order chi connectivity index (χ1) is 23.3. The Morgan fingerprint density at radius 1 is 0.731 bits per heavy atom. The van der Waals surface area contributed by atoms with E-state index in [4.69, 9.17) is 0 Å². The molecule has 0 saturated carbocycles. The molecule has 3 aromatic carbocycles. The standard InChI is InChI=1S/C23H31N2P.C18H28N2P.C3H8.ClH.Ni/c1-18-14-19(2)22(20(3)15-18)25-13-12-24(16-25)17-26(23(4,5)6)21-10-8-7-9-11-21;1-14-10-15(2)17(16(3)11-14)20-9-8-19(12-20)13-21(7)18(4,5)6;1-3-2;;/h7-15H,16-17H2,1-6H3;8-12H,13H2,1-7H3;3H2,1-2H3;1H;/q;+1;;;/p+1/t26-;;;;/m0..../s1. The average Bonchev–Trinajstić information content (AvgIpc) is 3.65. The molecule has 4 aromatic rings. The van der Waals surface area contributed by atoms with Crippen LogP contribution in [0.3, 0.4) is 0 Å². The number of aromatic nitrogens is 2. The molecule has 0 N–H and O–H groups in total. The van der Waals surface area contributed by atoms with Crippen LogP contribution in [0.1, 0.15) is 95.2 Å². The summed E-state index contributed by atoms with van der Waals surface area (Å²) in [7, 11) is -0.671. The van der Waals surface area contributed by atoms with Gasteiger partial charge in [-0.25, -0.2) is 4.57 Å². The summed E-state index contributed by atoms with van der Waals surface area (Å²) in [5.41, 5.74) is 10.7. The van der Waals surface area contributed by atoms with E-state index in [1.807, 2.05) is 0 Å². The van der Waals surface area contributed by atoms with E-state index in [0.717, 1.165) is 19.2 Å². The molecule has 290 valence electrons. The fraction of sp³-hybridized carbons (Fsp3) is 0.477. The smallest absolute Gasteiger partial charge is 0.169 e. The number of nitrogens with zero attached hydrogens (tertiary/aromatic N) is 4. The summed E-state index contributed by atoms with van der Waals surface area (Å²) in [6.45, 7) is 35.0. The van der Waals surface area contributed by atoms with E-state index in [1.165, 1.54) is 56.5 Å². The molecule has 0 saturated heterocycles. The fourth-order valence-electron chi connectivity index (χ4n) is 6.51. The van der Waals surface area contributed by atoms with Crippen molar-refractivity contribution in [3.8, 4) is 5.69 Å². The molecule has 0 spiro atoms. The van der Waals surface area contributed by atoms with E-state index in [1.54, 1.807) is 0 Å². The van der Waals surface area contributed by atoms with Gasteiger partial charge in [0.15, 0.2) is 12.6 Å². The van der Waals surface area contributed by atoms with Crippen molar-refractivity contribution in [3.63, 3.8) is 0 Å². The van der Waals surface area contributed by atoms with Gasteiger partial charge in [-0.15, -0.1) is 12.4 Å². The summed E-state index contributed by atoms with van der Waals surface area (Å²) in [6.07, 6.45) is 14.6. The summed E-state index contributed by atoms with van der Waals surface area (Å²) in [5, 5.41) is 2.22. The van der Waals surface area contributed by atoms with Gasteiger partial charge in [-0.05, 0) is 110 Å². The van der Waals surface area contributed by atoms with Crippen molar-refractivity contribution in [1.29, 1.82) is 0 Å². The predicted octanol–water partition coefficient (Wildman–Crippen LogP) is 12.6. The molecule has 0 fully saturated rings. The van der Waals surface area contributed by atoms with Gasteiger partial charge in [-0.3, -0.25) is 0 Å². The zero-order chi connectivity index (χ0) is 37.4. The molecule has 52 heavy (non-hydrogen) atoms. The second-order valence-corrected chi connectivity index (χ2v) is 22.7. The second kappa shape index (κ2) is 21.1. The number of anilines is 1. The minimum Gasteiger partial charge on any atom is -0.354 e. The van der Waals surface area contributed by atoms with Crippen molar-refractivity contribution in [2.75, 3.05) is 24.5 Å². The number of rotatable bonds is 7. The zero-order valence-corrected chi connectivity index (χ0v) is 38.6. The van der Waals surface area contributed by atoms with Gasteiger partial charge in [0, 0.05) is 66.6 Å². The van der Waals surface area contributed by atoms with Gasteiger partial charge < -0.3 is 9.80 Å². The molecule has 0 aliphatic carbocycles. The van der Waals surface area contributed by atoms with Crippen LogP contribution in [-0.2, 0) is 22.8 Å². The van der Waals surface area contributed by atoms with Gasteiger partial charge in [0.1, 0.15) is 18.1 Å². The van der Waals surface area contributed by atoms with Crippen molar-refractivity contribution in [2.45, 2.75) is 120 Å². The Morgan fingerprint density at radius 3 is 1.67 bits per heavy atom. The molecule has 5 rings (SSSR count). The topological polar surface area (TPSA) is 16.3 Å². The Hall–Kier alpha value is -2.15. The molecule has 1 aliphatic heterocycles. The van der Waals surface area contributed by atoms with Crippen molar-refractivity contribution in [2.24, 2.45) is 0 Å². The van der Waals surface area contributed by atoms with Gasteiger partial charge in [0.25, 0.3) is 0 Å². The van der Waals surface area contributed by atoms with Gasteiger partial charge >= 0.3 is 0 Å². The molecule has 2 heterocycles. The van der Waals surface area contributed by atoms with Gasteiger partial charge in [-0.2, -0.15) is 4.57 Å². The van der Waals surface area contributed by atoms with Crippen molar-refractivity contribution < 1.29 is 16.5 Å². The first-order valence-electron chi connectivity index (χ1n) is 18.4. The van der Waals surface area contributed by atoms with E-state index in [-0.39, 0.29) is 42.0 Å². The average molecular weight is 810 g/mol. The van der Waals surface area contributed by atoms with Crippen LogP contribution in [0.25, 0.3) is 5.69 Å². The SMILES string of the molecule is CCC.Cc1cc(C)c(-n2ccn(C[PH+](C)C(C)(C)C)[cH+]2)c(C)c1.Cc1cc(C)c(N2C=CN(C[P@@](c3ccccc3)C(C)(C)C)C2)c(C)c1.Cl.[Ni]. The number of hydrogen-bond acceptors (Lipinski definition) is 2. The van der Waals surface area contributed by atoms with E-state index < -0.39 is 7.92 Å². The maximum atomic E-state index is 2.47. The molecule has 1 aromatic heterocycles. The maximum absolute atomic E-state index is 2.47. The van der Waals surface area contributed by atoms with E-state index in [9.17, 15) is 0 Å². The van der Waals surface area contributed by atoms with Crippen molar-refractivity contribution in [3.05, 3.63) is 119 Å². The number of halogens is 1. The number of imidazole rings is 1. The Morgan fingerprint density at radius 2 is 1.21 bits per heavy atom. The van der Waals surface area contributed by atoms with Crippen LogP contribution in [0.4, 0.5) is 5.69 Å². The Balaban J connectivity index is 0.000000475. The molecule has 0 amide bonds. The molecule has 8 heteroatoms. The minimum atomic E-state index is -0.403. The zero-order valence-electron chi connectivity index (χ0n) is 34.9. The summed E-state index contributed by atoms with van der Waals surface area (Å²) in [6, 6.07) is 20.1. The summed E-state index contributed by atoms with van der Waals surface area (Å²) >= 11 is 0. The van der Waals surface area contributed by atoms with Crippen LogP contribution in [0, 0.1) is 41.5 Å². The molecular formula is C44H69ClN4NiP2+2. The largest absolute Gasteiger partial charge is 0.354 e. The first kappa shape index (κ1) is 47.9. The fourth-order valence-corrected chi connectivity index (χ4v) is 10.2. The molecular weight excluding hydrogens is 741 g/mol. The van der Waals surface area contributed by atoms with Crippen LogP contribution < -0.4 is 10.2 Å². The second-order valence-electron chi connectivity index (χ2n) is 16.3. The first-order valence-corrected chi connectivity index (χ1v) is 22.2. The van der Waals surface area contributed by atoms with Gasteiger partial charge in [-0.1, -0.05) is 89.1 Å². The number of hydrogen-bond donors (Lipinski definition) is 0. The Labute approximate surface area is 337 Å². The molecule has 0 radical (unpaired) electrons. The van der Waals surface area contributed by atoms with E-state index in [0.29, 0.717) is 5.16 Å². The van der Waals surface area contributed by atoms with Gasteiger partial charge in [0.2, 0.25) is 0 Å². The molecule has 2 atom stereocenters. The normalized spacial score (nSPS) is 13.6. The van der Waals surface area contributed by atoms with Crippen molar-refractivity contribution in [1.82, 2.24) is 14.0 Å². The third-order valence-corrected chi connectivity index (χ3v) is 15.8. The van der Waals surface area contributed by atoms with Gasteiger partial charge in [0.05, 0.1) is 11.8 Å². The van der Waals surface area contributed by atoms with Crippen LogP contribution in [0.2, 0.25) is 0 Å². The summed E-state index contributed by atoms with van der Waals surface area (Å²) < 4.78 is 4.61. The van der Waals surface area contributed by atoms with Crippen LogP contribution in [-0.4, -0.2) is 44.0 Å². The third-order valence-electron chi connectivity index (χ3n) is 9.20. The monoisotopic (exact) mass is 808 g/mol. The van der Waals surface area contributed by atoms with Crippen LogP contribution >= 0.6 is 28.3 Å². The quantitative estimate of drug-likeness (QED) is 0.105. The third kappa shape index (κ3) is 13.6. The maximum Gasteiger partial charge on any atom is 0.169 e. The molecule has 1 unspecified atom stereocenters. The molecule has 1 aliphatic rings. The predicted molar refractivity (Wildman–Crippen MR) is 236 cm³/mol. The number of benzene rings is 3. The number of aryl methyl sites for hydroxylation is 6. The molecule has 0 bridgehead atoms. The summed E-state index contributed by atoms with van der Waals surface area (Å²) in [5.74, 6) is 0.